The second kappa shape index (κ2) is 5.23. The van der Waals surface area contributed by atoms with Gasteiger partial charge in [0.2, 0.25) is 0 Å². The van der Waals surface area contributed by atoms with E-state index in [1.54, 1.807) is 12.1 Å². The fraction of sp³-hybridized carbons (Fsp3) is 0.0769. The van der Waals surface area contributed by atoms with Gasteiger partial charge in [0.05, 0.1) is 0 Å². The summed E-state index contributed by atoms with van der Waals surface area (Å²) in [5.74, 6) is 0.134. The van der Waals surface area contributed by atoms with E-state index in [1.807, 2.05) is 30.3 Å². The van der Waals surface area contributed by atoms with Crippen LogP contribution in [0.15, 0.2) is 48.5 Å². The Morgan fingerprint density at radius 1 is 0.941 bits per heavy atom. The van der Waals surface area contributed by atoms with Gasteiger partial charge in [-0.2, -0.15) is 0 Å². The van der Waals surface area contributed by atoms with Crippen molar-refractivity contribution in [3.8, 4) is 11.5 Å². The Morgan fingerprint density at radius 2 is 1.71 bits per heavy atom. The highest BCUT2D eigenvalue weighted by Gasteiger charge is 2.01. The minimum absolute atomic E-state index is 0.0577. The molecule has 0 aliphatic rings. The second-order valence-electron chi connectivity index (χ2n) is 3.66. The van der Waals surface area contributed by atoms with E-state index < -0.39 is 0 Å². The summed E-state index contributed by atoms with van der Waals surface area (Å²) >= 11 is 0. The van der Waals surface area contributed by atoms with Crippen LogP contribution >= 0.6 is 0 Å². The largest absolute Gasteiger partial charge is 0.508 e. The molecule has 0 heterocycles. The van der Waals surface area contributed by atoms with Crippen LogP contribution in [-0.2, 0) is 6.54 Å². The van der Waals surface area contributed by atoms with Gasteiger partial charge in [0.25, 0.3) is 0 Å². The van der Waals surface area contributed by atoms with E-state index in [0.717, 1.165) is 5.69 Å². The fourth-order valence-corrected chi connectivity index (χ4v) is 1.46. The van der Waals surface area contributed by atoms with E-state index in [0.29, 0.717) is 12.1 Å². The Balaban J connectivity index is 1.90. The highest BCUT2D eigenvalue weighted by atomic mass is 16.3. The summed E-state index contributed by atoms with van der Waals surface area (Å²) in [6, 6.07) is 14.2. The lowest BCUT2D eigenvalue weighted by molar-refractivity contribution is 0.444. The SMILES string of the molecule is Oc1ccc(CNNc2ccccc2)c(O)c1. The number of anilines is 1. The van der Waals surface area contributed by atoms with Crippen molar-refractivity contribution in [2.75, 3.05) is 5.43 Å². The lowest BCUT2D eigenvalue weighted by Gasteiger charge is -2.09. The molecule has 17 heavy (non-hydrogen) atoms. The zero-order chi connectivity index (χ0) is 12.1. The van der Waals surface area contributed by atoms with Crippen LogP contribution in [0.25, 0.3) is 0 Å². The molecule has 2 aromatic rings. The number of phenolic OH excluding ortho intramolecular Hbond substituents is 2. The molecule has 0 aliphatic carbocycles. The first-order chi connectivity index (χ1) is 8.25. The third kappa shape index (κ3) is 3.12. The lowest BCUT2D eigenvalue weighted by atomic mass is 10.2. The molecule has 0 bridgehead atoms. The molecule has 0 fully saturated rings. The molecule has 0 aromatic heterocycles. The van der Waals surface area contributed by atoms with E-state index in [4.69, 9.17) is 5.11 Å². The highest BCUT2D eigenvalue weighted by molar-refractivity contribution is 5.42. The molecule has 4 N–H and O–H groups in total. The van der Waals surface area contributed by atoms with Gasteiger partial charge in [-0.3, -0.25) is 0 Å². The fourth-order valence-electron chi connectivity index (χ4n) is 1.46. The van der Waals surface area contributed by atoms with Crippen LogP contribution in [0.3, 0.4) is 0 Å². The van der Waals surface area contributed by atoms with Crippen molar-refractivity contribution < 1.29 is 10.2 Å². The number of para-hydroxylation sites is 1. The molecule has 0 atom stereocenters. The number of aromatic hydroxyl groups is 2. The summed E-state index contributed by atoms with van der Waals surface area (Å²) in [6.07, 6.45) is 0. The first-order valence-corrected chi connectivity index (χ1v) is 5.30. The molecule has 0 amide bonds. The molecule has 0 saturated carbocycles. The van der Waals surface area contributed by atoms with E-state index in [1.165, 1.54) is 6.07 Å². The Hall–Kier alpha value is -2.20. The maximum Gasteiger partial charge on any atom is 0.123 e. The quantitative estimate of drug-likeness (QED) is 0.608. The van der Waals surface area contributed by atoms with E-state index in [2.05, 4.69) is 10.9 Å². The van der Waals surface area contributed by atoms with Crippen molar-refractivity contribution in [2.24, 2.45) is 0 Å². The average Bonchev–Trinajstić information content (AvgIpc) is 2.33. The summed E-state index contributed by atoms with van der Waals surface area (Å²) < 4.78 is 0. The number of hydrogen-bond acceptors (Lipinski definition) is 4. The number of hydrogen-bond donors (Lipinski definition) is 4. The minimum atomic E-state index is 0.0577. The second-order valence-corrected chi connectivity index (χ2v) is 3.66. The molecule has 4 heteroatoms. The van der Waals surface area contributed by atoms with E-state index >= 15 is 0 Å². The van der Waals surface area contributed by atoms with Gasteiger partial charge < -0.3 is 15.6 Å². The number of hydrazine groups is 1. The molecule has 2 rings (SSSR count). The van der Waals surface area contributed by atoms with Gasteiger partial charge in [-0.15, -0.1) is 0 Å². The molecule has 0 aliphatic heterocycles. The monoisotopic (exact) mass is 230 g/mol. The van der Waals surface area contributed by atoms with Crippen LogP contribution in [0.5, 0.6) is 11.5 Å². The number of rotatable bonds is 4. The van der Waals surface area contributed by atoms with Crippen molar-refractivity contribution in [3.05, 3.63) is 54.1 Å². The highest BCUT2D eigenvalue weighted by Crippen LogP contribution is 2.22. The van der Waals surface area contributed by atoms with Crippen LogP contribution in [0.4, 0.5) is 5.69 Å². The summed E-state index contributed by atoms with van der Waals surface area (Å²) in [5, 5.41) is 18.7. The smallest absolute Gasteiger partial charge is 0.123 e. The zero-order valence-electron chi connectivity index (χ0n) is 9.22. The van der Waals surface area contributed by atoms with Crippen LogP contribution in [0.2, 0.25) is 0 Å². The minimum Gasteiger partial charge on any atom is -0.508 e. The van der Waals surface area contributed by atoms with Gasteiger partial charge in [-0.1, -0.05) is 24.3 Å². The predicted octanol–water partition coefficient (Wildman–Crippen LogP) is 2.21. The Labute approximate surface area is 99.5 Å². The van der Waals surface area contributed by atoms with Crippen LogP contribution in [-0.4, -0.2) is 10.2 Å². The molecule has 0 saturated heterocycles. The molecule has 0 unspecified atom stereocenters. The number of phenols is 2. The molecule has 0 spiro atoms. The third-order valence-electron chi connectivity index (χ3n) is 2.35. The van der Waals surface area contributed by atoms with Crippen molar-refractivity contribution in [3.63, 3.8) is 0 Å². The Kier molecular flexibility index (Phi) is 3.47. The zero-order valence-corrected chi connectivity index (χ0v) is 9.22. The van der Waals surface area contributed by atoms with Crippen LogP contribution < -0.4 is 10.9 Å². The summed E-state index contributed by atoms with van der Waals surface area (Å²) in [6.45, 7) is 0.459. The van der Waals surface area contributed by atoms with Crippen molar-refractivity contribution in [1.82, 2.24) is 5.43 Å². The summed E-state index contributed by atoms with van der Waals surface area (Å²) in [5.41, 5.74) is 7.66. The molecule has 2 aromatic carbocycles. The van der Waals surface area contributed by atoms with Crippen molar-refractivity contribution in [2.45, 2.75) is 6.54 Å². The normalized spacial score (nSPS) is 10.1. The molecule has 0 radical (unpaired) electrons. The van der Waals surface area contributed by atoms with Gasteiger partial charge in [0, 0.05) is 23.9 Å². The van der Waals surface area contributed by atoms with Crippen LogP contribution in [0.1, 0.15) is 5.56 Å². The third-order valence-corrected chi connectivity index (χ3v) is 2.35. The molecular formula is C13H14N2O2. The average molecular weight is 230 g/mol. The summed E-state index contributed by atoms with van der Waals surface area (Å²) in [7, 11) is 0. The van der Waals surface area contributed by atoms with Gasteiger partial charge in [-0.25, -0.2) is 5.43 Å². The standard InChI is InChI=1S/C13H14N2O2/c16-12-7-6-10(13(17)8-12)9-14-15-11-4-2-1-3-5-11/h1-8,14-17H,9H2. The van der Waals surface area contributed by atoms with Gasteiger partial charge in [-0.05, 0) is 18.2 Å². The van der Waals surface area contributed by atoms with Gasteiger partial charge in [0.1, 0.15) is 11.5 Å². The van der Waals surface area contributed by atoms with E-state index in [-0.39, 0.29) is 11.5 Å². The van der Waals surface area contributed by atoms with Gasteiger partial charge >= 0.3 is 0 Å². The molecular weight excluding hydrogens is 216 g/mol. The first-order valence-electron chi connectivity index (χ1n) is 5.30. The van der Waals surface area contributed by atoms with Gasteiger partial charge in [0.15, 0.2) is 0 Å². The van der Waals surface area contributed by atoms with Crippen LogP contribution in [0, 0.1) is 0 Å². The summed E-state index contributed by atoms with van der Waals surface area (Å²) in [4.78, 5) is 0. The number of nitrogens with one attached hydrogen (secondary N) is 2. The van der Waals surface area contributed by atoms with Crippen molar-refractivity contribution in [1.29, 1.82) is 0 Å². The Morgan fingerprint density at radius 3 is 2.41 bits per heavy atom. The van der Waals surface area contributed by atoms with Crippen molar-refractivity contribution >= 4 is 5.69 Å². The maximum absolute atomic E-state index is 9.56. The molecule has 88 valence electrons. The topological polar surface area (TPSA) is 64.5 Å². The van der Waals surface area contributed by atoms with E-state index in [9.17, 15) is 5.11 Å². The Bertz CT molecular complexity index is 486. The first kappa shape index (κ1) is 11.3. The predicted molar refractivity (Wildman–Crippen MR) is 66.7 cm³/mol. The lowest BCUT2D eigenvalue weighted by Crippen LogP contribution is -2.20. The molecule has 4 nitrogen and oxygen atoms in total. The number of benzene rings is 2. The maximum atomic E-state index is 9.56.